The Kier molecular flexibility index (Phi) is 6.29. The lowest BCUT2D eigenvalue weighted by molar-refractivity contribution is -0.147. The van der Waals surface area contributed by atoms with Crippen LogP contribution in [0, 0.1) is 0 Å². The number of hydrogen-bond acceptors (Lipinski definition) is 3. The number of ether oxygens (including phenoxy) is 1. The number of alkyl halides is 3. The Labute approximate surface area is 117 Å². The Bertz CT molecular complexity index is 421. The van der Waals surface area contributed by atoms with E-state index in [4.69, 9.17) is 9.84 Å². The van der Waals surface area contributed by atoms with E-state index in [-0.39, 0.29) is 13.2 Å². The van der Waals surface area contributed by atoms with E-state index in [0.29, 0.717) is 29.8 Å². The molecule has 1 aromatic rings. The summed E-state index contributed by atoms with van der Waals surface area (Å²) in [6, 6.07) is 5.03. The number of aliphatic hydroxyl groups is 1. The van der Waals surface area contributed by atoms with Crippen molar-refractivity contribution in [2.45, 2.75) is 32.7 Å². The number of nitrogens with zero attached hydrogens (tertiary/aromatic N) is 1. The largest absolute Gasteiger partial charge is 0.496 e. The van der Waals surface area contributed by atoms with E-state index in [1.165, 1.54) is 12.0 Å². The second-order valence-corrected chi connectivity index (χ2v) is 4.63. The molecule has 0 aliphatic heterocycles. The van der Waals surface area contributed by atoms with Crippen LogP contribution in [-0.4, -0.2) is 36.4 Å². The fourth-order valence-electron chi connectivity index (χ4n) is 2.08. The topological polar surface area (TPSA) is 32.7 Å². The van der Waals surface area contributed by atoms with Gasteiger partial charge in [-0.2, -0.15) is 13.2 Å². The van der Waals surface area contributed by atoms with E-state index in [1.807, 2.05) is 6.92 Å². The molecule has 0 heterocycles. The lowest BCUT2D eigenvalue weighted by atomic mass is 10.1. The molecule has 0 amide bonds. The zero-order valence-corrected chi connectivity index (χ0v) is 11.7. The van der Waals surface area contributed by atoms with Crippen molar-refractivity contribution in [2.75, 3.05) is 20.2 Å². The summed E-state index contributed by atoms with van der Waals surface area (Å²) in [6.07, 6.45) is -3.59. The molecule has 1 aromatic carbocycles. The van der Waals surface area contributed by atoms with E-state index in [0.717, 1.165) is 0 Å². The minimum Gasteiger partial charge on any atom is -0.496 e. The third kappa shape index (κ3) is 5.38. The van der Waals surface area contributed by atoms with Gasteiger partial charge in [-0.25, -0.2) is 0 Å². The molecule has 3 nitrogen and oxygen atoms in total. The first-order valence-corrected chi connectivity index (χ1v) is 6.45. The van der Waals surface area contributed by atoms with Crippen molar-refractivity contribution in [3.05, 3.63) is 29.3 Å². The third-order valence-corrected chi connectivity index (χ3v) is 2.86. The molecule has 6 heteroatoms. The van der Waals surface area contributed by atoms with Crippen molar-refractivity contribution in [1.29, 1.82) is 0 Å². The molecule has 0 spiro atoms. The van der Waals surface area contributed by atoms with Gasteiger partial charge in [-0.15, -0.1) is 0 Å². The Morgan fingerprint density at radius 2 is 2.00 bits per heavy atom. The number of hydrogen-bond donors (Lipinski definition) is 1. The number of methoxy groups -OCH3 is 1. The van der Waals surface area contributed by atoms with Crippen molar-refractivity contribution < 1.29 is 23.0 Å². The van der Waals surface area contributed by atoms with E-state index < -0.39 is 12.7 Å². The standard InChI is InChI=1S/C14H20F3NO2/c1-3-6-18(10-14(15,16)17)8-12-7-11(9-19)4-5-13(12)20-2/h4-5,7,19H,3,6,8-10H2,1-2H3. The molecule has 0 saturated carbocycles. The molecule has 1 rings (SSSR count). The zero-order valence-electron chi connectivity index (χ0n) is 11.7. The fraction of sp³-hybridized carbons (Fsp3) is 0.571. The molecule has 0 aliphatic carbocycles. The average Bonchev–Trinajstić information content (AvgIpc) is 2.37. The third-order valence-electron chi connectivity index (χ3n) is 2.86. The van der Waals surface area contributed by atoms with Gasteiger partial charge in [-0.05, 0) is 30.7 Å². The van der Waals surface area contributed by atoms with Gasteiger partial charge in [-0.1, -0.05) is 13.0 Å². The average molecular weight is 291 g/mol. The number of rotatable bonds is 7. The highest BCUT2D eigenvalue weighted by molar-refractivity contribution is 5.37. The highest BCUT2D eigenvalue weighted by Crippen LogP contribution is 2.24. The van der Waals surface area contributed by atoms with Crippen LogP contribution in [0.1, 0.15) is 24.5 Å². The van der Waals surface area contributed by atoms with Crippen LogP contribution < -0.4 is 4.74 Å². The first-order chi connectivity index (χ1) is 9.39. The molecule has 0 unspecified atom stereocenters. The van der Waals surface area contributed by atoms with Gasteiger partial charge in [0.1, 0.15) is 5.75 Å². The monoisotopic (exact) mass is 291 g/mol. The van der Waals surface area contributed by atoms with Gasteiger partial charge in [0.2, 0.25) is 0 Å². The number of halogens is 3. The summed E-state index contributed by atoms with van der Waals surface area (Å²) in [6.45, 7) is 1.23. The van der Waals surface area contributed by atoms with E-state index in [1.54, 1.807) is 18.2 Å². The molecule has 1 N–H and O–H groups in total. The summed E-state index contributed by atoms with van der Waals surface area (Å²) in [5.74, 6) is 0.533. The number of aliphatic hydroxyl groups excluding tert-OH is 1. The van der Waals surface area contributed by atoms with Crippen molar-refractivity contribution in [3.63, 3.8) is 0 Å². The number of benzene rings is 1. The summed E-state index contributed by atoms with van der Waals surface area (Å²) in [5.41, 5.74) is 1.31. The first kappa shape index (κ1) is 16.8. The maximum atomic E-state index is 12.5. The first-order valence-electron chi connectivity index (χ1n) is 6.45. The predicted molar refractivity (Wildman–Crippen MR) is 70.5 cm³/mol. The predicted octanol–water partition coefficient (Wildman–Crippen LogP) is 2.96. The van der Waals surface area contributed by atoms with Gasteiger partial charge in [-0.3, -0.25) is 4.90 Å². The Morgan fingerprint density at radius 3 is 2.50 bits per heavy atom. The highest BCUT2D eigenvalue weighted by Gasteiger charge is 2.30. The quantitative estimate of drug-likeness (QED) is 0.838. The smallest absolute Gasteiger partial charge is 0.401 e. The summed E-state index contributed by atoms with van der Waals surface area (Å²) in [4.78, 5) is 1.33. The molecule has 20 heavy (non-hydrogen) atoms. The zero-order chi connectivity index (χ0) is 15.2. The van der Waals surface area contributed by atoms with Crippen LogP contribution in [-0.2, 0) is 13.2 Å². The second-order valence-electron chi connectivity index (χ2n) is 4.63. The van der Waals surface area contributed by atoms with E-state index in [9.17, 15) is 13.2 Å². The van der Waals surface area contributed by atoms with Crippen LogP contribution in [0.15, 0.2) is 18.2 Å². The van der Waals surface area contributed by atoms with E-state index >= 15 is 0 Å². The molecule has 0 radical (unpaired) electrons. The molecule has 0 bridgehead atoms. The normalized spacial score (nSPS) is 11.9. The summed E-state index contributed by atoms with van der Waals surface area (Å²) < 4.78 is 42.8. The molecule has 0 saturated heterocycles. The highest BCUT2D eigenvalue weighted by atomic mass is 19.4. The molecule has 0 aliphatic rings. The molecule has 114 valence electrons. The minimum atomic E-state index is -4.23. The van der Waals surface area contributed by atoms with Crippen molar-refractivity contribution >= 4 is 0 Å². The van der Waals surface area contributed by atoms with Crippen molar-refractivity contribution in [1.82, 2.24) is 4.90 Å². The van der Waals surface area contributed by atoms with Crippen LogP contribution in [0.2, 0.25) is 0 Å². The van der Waals surface area contributed by atoms with Gasteiger partial charge < -0.3 is 9.84 Å². The van der Waals surface area contributed by atoms with Crippen LogP contribution in [0.5, 0.6) is 5.75 Å². The SMILES string of the molecule is CCCN(Cc1cc(CO)ccc1OC)CC(F)(F)F. The van der Waals surface area contributed by atoms with E-state index in [2.05, 4.69) is 0 Å². The molecular weight excluding hydrogens is 271 g/mol. The van der Waals surface area contributed by atoms with Crippen LogP contribution in [0.25, 0.3) is 0 Å². The maximum Gasteiger partial charge on any atom is 0.401 e. The Morgan fingerprint density at radius 1 is 1.30 bits per heavy atom. The maximum absolute atomic E-state index is 12.5. The summed E-state index contributed by atoms with van der Waals surface area (Å²) >= 11 is 0. The summed E-state index contributed by atoms with van der Waals surface area (Å²) in [7, 11) is 1.48. The van der Waals surface area contributed by atoms with Gasteiger partial charge in [0, 0.05) is 12.1 Å². The fourth-order valence-corrected chi connectivity index (χ4v) is 2.08. The second kappa shape index (κ2) is 7.50. The molecular formula is C14H20F3NO2. The van der Waals surface area contributed by atoms with Crippen LogP contribution in [0.4, 0.5) is 13.2 Å². The van der Waals surface area contributed by atoms with Crippen LogP contribution in [0.3, 0.4) is 0 Å². The summed E-state index contributed by atoms with van der Waals surface area (Å²) in [5, 5.41) is 9.12. The molecule has 0 aromatic heterocycles. The van der Waals surface area contributed by atoms with Crippen molar-refractivity contribution in [3.8, 4) is 5.75 Å². The Hall–Kier alpha value is -1.27. The van der Waals surface area contributed by atoms with Gasteiger partial charge in [0.05, 0.1) is 20.3 Å². The van der Waals surface area contributed by atoms with Gasteiger partial charge in [0.15, 0.2) is 0 Å². The lowest BCUT2D eigenvalue weighted by Crippen LogP contribution is -2.34. The Balaban J connectivity index is 2.91. The van der Waals surface area contributed by atoms with Crippen molar-refractivity contribution in [2.24, 2.45) is 0 Å². The van der Waals surface area contributed by atoms with Crippen LogP contribution >= 0.6 is 0 Å². The molecule has 0 atom stereocenters. The molecule has 0 fully saturated rings. The van der Waals surface area contributed by atoms with Gasteiger partial charge >= 0.3 is 6.18 Å². The van der Waals surface area contributed by atoms with Gasteiger partial charge in [0.25, 0.3) is 0 Å². The lowest BCUT2D eigenvalue weighted by Gasteiger charge is -2.24. The minimum absolute atomic E-state index is 0.143.